The number of fused-ring (bicyclic) bond motifs is 1. The lowest BCUT2D eigenvalue weighted by molar-refractivity contribution is 0.183. The third kappa shape index (κ3) is 2.92. The summed E-state index contributed by atoms with van der Waals surface area (Å²) in [7, 11) is -3.70. The lowest BCUT2D eigenvalue weighted by atomic mass is 10.0. The first-order valence-electron chi connectivity index (χ1n) is 7.35. The molecular weight excluding hydrogens is 390 g/mol. The van der Waals surface area contributed by atoms with Crippen LogP contribution in [0.15, 0.2) is 76.8 Å². The average molecular weight is 406 g/mol. The summed E-state index contributed by atoms with van der Waals surface area (Å²) in [5.41, 5.74) is 1.23. The summed E-state index contributed by atoms with van der Waals surface area (Å²) in [6, 6.07) is 13.5. The molecule has 1 N–H and O–H groups in total. The zero-order valence-corrected chi connectivity index (χ0v) is 15.2. The van der Waals surface area contributed by atoms with E-state index in [9.17, 15) is 13.5 Å². The normalized spacial score (nSPS) is 13.1. The summed E-state index contributed by atoms with van der Waals surface area (Å²) in [6.45, 7) is 3.63. The predicted octanol–water partition coefficient (Wildman–Crippen LogP) is 4.25. The molecule has 0 saturated heterocycles. The maximum Gasteiger partial charge on any atom is 0.268 e. The van der Waals surface area contributed by atoms with Crippen LogP contribution >= 0.6 is 15.9 Å². The quantitative estimate of drug-likeness (QED) is 0.645. The molecule has 124 valence electrons. The first-order chi connectivity index (χ1) is 11.4. The molecule has 2 aromatic carbocycles. The van der Waals surface area contributed by atoms with Crippen molar-refractivity contribution in [3.05, 3.63) is 77.4 Å². The Hall–Kier alpha value is -1.89. The van der Waals surface area contributed by atoms with Gasteiger partial charge in [-0.3, -0.25) is 0 Å². The van der Waals surface area contributed by atoms with Crippen molar-refractivity contribution in [3.63, 3.8) is 0 Å². The van der Waals surface area contributed by atoms with Gasteiger partial charge in [-0.1, -0.05) is 34.1 Å². The van der Waals surface area contributed by atoms with Crippen LogP contribution in [0.25, 0.3) is 10.9 Å². The average Bonchev–Trinajstić information content (AvgIpc) is 3.00. The van der Waals surface area contributed by atoms with Crippen LogP contribution in [0.5, 0.6) is 0 Å². The third-order valence-corrected chi connectivity index (χ3v) is 6.08. The molecule has 24 heavy (non-hydrogen) atoms. The molecule has 0 aliphatic carbocycles. The summed E-state index contributed by atoms with van der Waals surface area (Å²) in [4.78, 5) is 0.209. The molecule has 0 radical (unpaired) electrons. The summed E-state index contributed by atoms with van der Waals surface area (Å²) in [6.07, 6.45) is 2.85. The number of aromatic nitrogens is 1. The number of halogens is 1. The van der Waals surface area contributed by atoms with Gasteiger partial charge in [0, 0.05) is 16.1 Å². The van der Waals surface area contributed by atoms with Crippen LogP contribution in [0.4, 0.5) is 0 Å². The van der Waals surface area contributed by atoms with Gasteiger partial charge in [0.1, 0.15) is 0 Å². The second kappa shape index (κ2) is 6.55. The van der Waals surface area contributed by atoms with Crippen LogP contribution in [-0.4, -0.2) is 17.5 Å². The molecule has 0 aliphatic rings. The summed E-state index contributed by atoms with van der Waals surface area (Å²) in [5, 5.41) is 11.0. The molecule has 1 aromatic heterocycles. The minimum absolute atomic E-state index is 0.209. The standard InChI is InChI=1S/C18H16BrNO3S/c1-2-4-18(21)16-5-3-6-17-15(16)11-12-20(17)24(22,23)14-9-7-13(19)8-10-14/h2-3,5-12,18,21H,1,4H2. The third-order valence-electron chi connectivity index (χ3n) is 3.85. The van der Waals surface area contributed by atoms with Gasteiger partial charge >= 0.3 is 0 Å². The summed E-state index contributed by atoms with van der Waals surface area (Å²) < 4.78 is 27.9. The van der Waals surface area contributed by atoms with Crippen molar-refractivity contribution in [2.24, 2.45) is 0 Å². The molecule has 3 rings (SSSR count). The maximum atomic E-state index is 12.9. The van der Waals surface area contributed by atoms with Crippen LogP contribution in [0, 0.1) is 0 Å². The second-order valence-electron chi connectivity index (χ2n) is 5.39. The van der Waals surface area contributed by atoms with Crippen molar-refractivity contribution in [3.8, 4) is 0 Å². The monoisotopic (exact) mass is 405 g/mol. The lowest BCUT2D eigenvalue weighted by Crippen LogP contribution is -2.11. The Balaban J connectivity index is 2.16. The number of rotatable bonds is 5. The SMILES string of the molecule is C=CCC(O)c1cccc2c1ccn2S(=O)(=O)c1ccc(Br)cc1. The zero-order chi connectivity index (χ0) is 17.3. The summed E-state index contributed by atoms with van der Waals surface area (Å²) in [5.74, 6) is 0. The Kier molecular flexibility index (Phi) is 4.62. The largest absolute Gasteiger partial charge is 0.388 e. The Morgan fingerprint density at radius 2 is 1.88 bits per heavy atom. The van der Waals surface area contributed by atoms with Gasteiger partial charge in [0.15, 0.2) is 0 Å². The van der Waals surface area contributed by atoms with E-state index in [0.717, 1.165) is 4.47 Å². The molecule has 1 unspecified atom stereocenters. The van der Waals surface area contributed by atoms with Crippen LogP contribution in [0.3, 0.4) is 0 Å². The van der Waals surface area contributed by atoms with Crippen LogP contribution in [0.1, 0.15) is 18.1 Å². The Morgan fingerprint density at radius 3 is 2.54 bits per heavy atom. The number of hydrogen-bond donors (Lipinski definition) is 1. The Bertz CT molecular complexity index is 991. The number of aliphatic hydroxyl groups excluding tert-OH is 1. The molecule has 0 bridgehead atoms. The van der Waals surface area contributed by atoms with E-state index in [2.05, 4.69) is 22.5 Å². The Labute approximate surface area is 149 Å². The van der Waals surface area contributed by atoms with Crippen molar-refractivity contribution in [1.29, 1.82) is 0 Å². The fourth-order valence-electron chi connectivity index (χ4n) is 2.67. The minimum Gasteiger partial charge on any atom is -0.388 e. The van der Waals surface area contributed by atoms with E-state index in [0.29, 0.717) is 22.9 Å². The molecule has 0 amide bonds. The van der Waals surface area contributed by atoms with Gasteiger partial charge in [-0.05, 0) is 48.4 Å². The molecule has 3 aromatic rings. The first-order valence-corrected chi connectivity index (χ1v) is 9.58. The van der Waals surface area contributed by atoms with E-state index in [1.807, 2.05) is 0 Å². The van der Waals surface area contributed by atoms with E-state index in [1.54, 1.807) is 54.6 Å². The molecule has 1 heterocycles. The van der Waals surface area contributed by atoms with E-state index < -0.39 is 16.1 Å². The van der Waals surface area contributed by atoms with E-state index in [1.165, 1.54) is 10.2 Å². The second-order valence-corrected chi connectivity index (χ2v) is 8.12. The maximum absolute atomic E-state index is 12.9. The minimum atomic E-state index is -3.70. The van der Waals surface area contributed by atoms with Crippen LogP contribution in [-0.2, 0) is 10.0 Å². The van der Waals surface area contributed by atoms with Gasteiger partial charge < -0.3 is 5.11 Å². The van der Waals surface area contributed by atoms with Crippen molar-refractivity contribution in [2.75, 3.05) is 0 Å². The van der Waals surface area contributed by atoms with E-state index >= 15 is 0 Å². The fourth-order valence-corrected chi connectivity index (χ4v) is 4.28. The van der Waals surface area contributed by atoms with Gasteiger partial charge in [0.05, 0.1) is 16.5 Å². The van der Waals surface area contributed by atoms with Gasteiger partial charge in [-0.15, -0.1) is 6.58 Å². The summed E-state index contributed by atoms with van der Waals surface area (Å²) >= 11 is 3.30. The first kappa shape index (κ1) is 17.0. The van der Waals surface area contributed by atoms with Gasteiger partial charge in [-0.2, -0.15) is 0 Å². The van der Waals surface area contributed by atoms with Crippen molar-refractivity contribution >= 4 is 36.9 Å². The molecular formula is C18H16BrNO3S. The van der Waals surface area contributed by atoms with Gasteiger partial charge in [-0.25, -0.2) is 12.4 Å². The highest BCUT2D eigenvalue weighted by Gasteiger charge is 2.20. The highest BCUT2D eigenvalue weighted by Crippen LogP contribution is 2.29. The topological polar surface area (TPSA) is 59.3 Å². The lowest BCUT2D eigenvalue weighted by Gasteiger charge is -2.11. The van der Waals surface area contributed by atoms with E-state index in [4.69, 9.17) is 0 Å². The van der Waals surface area contributed by atoms with Crippen LogP contribution in [0.2, 0.25) is 0 Å². The molecule has 6 heteroatoms. The molecule has 4 nitrogen and oxygen atoms in total. The van der Waals surface area contributed by atoms with E-state index in [-0.39, 0.29) is 4.90 Å². The fraction of sp³-hybridized carbons (Fsp3) is 0.111. The Morgan fingerprint density at radius 1 is 1.17 bits per heavy atom. The van der Waals surface area contributed by atoms with Crippen molar-refractivity contribution in [2.45, 2.75) is 17.4 Å². The molecule has 0 saturated carbocycles. The van der Waals surface area contributed by atoms with Crippen molar-refractivity contribution in [1.82, 2.24) is 3.97 Å². The highest BCUT2D eigenvalue weighted by atomic mass is 79.9. The smallest absolute Gasteiger partial charge is 0.268 e. The molecule has 1 atom stereocenters. The van der Waals surface area contributed by atoms with Crippen LogP contribution < -0.4 is 0 Å². The zero-order valence-electron chi connectivity index (χ0n) is 12.8. The number of nitrogens with zero attached hydrogens (tertiary/aromatic N) is 1. The number of benzene rings is 2. The van der Waals surface area contributed by atoms with Crippen molar-refractivity contribution < 1.29 is 13.5 Å². The molecule has 0 aliphatic heterocycles. The number of hydrogen-bond acceptors (Lipinski definition) is 3. The van der Waals surface area contributed by atoms with Gasteiger partial charge in [0.25, 0.3) is 10.0 Å². The predicted molar refractivity (Wildman–Crippen MR) is 98.4 cm³/mol. The number of aliphatic hydroxyl groups is 1. The molecule has 0 fully saturated rings. The highest BCUT2D eigenvalue weighted by molar-refractivity contribution is 9.10. The van der Waals surface area contributed by atoms with Gasteiger partial charge in [0.2, 0.25) is 0 Å². The molecule has 0 spiro atoms.